The number of fused-ring (bicyclic) bond motifs is 5. The Balaban J connectivity index is 1.52. The minimum absolute atomic E-state index is 0.0507. The van der Waals surface area contributed by atoms with E-state index in [1.165, 1.54) is 41.5 Å². The highest BCUT2D eigenvalue weighted by molar-refractivity contribution is 6.28. The Hall–Kier alpha value is -3.55. The van der Waals surface area contributed by atoms with Gasteiger partial charge in [0.05, 0.1) is 11.6 Å². The molecule has 1 heterocycles. The number of nitrogens with zero attached hydrogens (tertiary/aromatic N) is 4. The summed E-state index contributed by atoms with van der Waals surface area (Å²) >= 11 is 6.32. The topological polar surface area (TPSA) is 62.5 Å². The van der Waals surface area contributed by atoms with Gasteiger partial charge in [0.25, 0.3) is 0 Å². The van der Waals surface area contributed by atoms with Crippen LogP contribution >= 0.6 is 11.6 Å². The van der Waals surface area contributed by atoms with Crippen molar-refractivity contribution in [2.24, 2.45) is 0 Å². The molecular weight excluding hydrogens is 428 g/mol. The van der Waals surface area contributed by atoms with E-state index in [0.29, 0.717) is 11.6 Å². The van der Waals surface area contributed by atoms with Crippen molar-refractivity contribution in [2.45, 2.75) is 37.5 Å². The van der Waals surface area contributed by atoms with Crippen LogP contribution in [0.3, 0.4) is 0 Å². The van der Waals surface area contributed by atoms with E-state index in [2.05, 4.69) is 46.4 Å². The van der Waals surface area contributed by atoms with E-state index >= 15 is 0 Å². The first-order valence-electron chi connectivity index (χ1n) is 11.3. The lowest BCUT2D eigenvalue weighted by Gasteiger charge is -2.36. The molecule has 0 N–H and O–H groups in total. The van der Waals surface area contributed by atoms with Gasteiger partial charge in [-0.05, 0) is 64.9 Å². The molecule has 0 aliphatic heterocycles. The van der Waals surface area contributed by atoms with Crippen LogP contribution in [0.15, 0.2) is 66.7 Å². The van der Waals surface area contributed by atoms with Crippen molar-refractivity contribution in [3.8, 4) is 40.0 Å². The number of halogens is 1. The van der Waals surface area contributed by atoms with Crippen LogP contribution in [0.5, 0.6) is 0 Å². The van der Waals surface area contributed by atoms with E-state index in [1.54, 1.807) is 0 Å². The minimum atomic E-state index is -0.0507. The molecule has 1 fully saturated rings. The Morgan fingerprint density at radius 1 is 0.727 bits per heavy atom. The molecule has 4 aromatic rings. The van der Waals surface area contributed by atoms with E-state index in [4.69, 9.17) is 16.6 Å². The molecule has 6 rings (SSSR count). The molecule has 1 saturated carbocycles. The van der Waals surface area contributed by atoms with Crippen molar-refractivity contribution in [1.82, 2.24) is 15.0 Å². The molecule has 0 saturated heterocycles. The summed E-state index contributed by atoms with van der Waals surface area (Å²) in [7, 11) is 0. The smallest absolute Gasteiger partial charge is 0.208 e. The number of hydrogen-bond acceptors (Lipinski definition) is 4. The van der Waals surface area contributed by atoms with Gasteiger partial charge in [-0.2, -0.15) is 15.2 Å². The SMILES string of the molecule is N#Cc1ccc2c(c1)C1(CCCCC1)c1cc(-c3nc(Cl)nc(-c4ccccc4)n3)ccc1-2. The normalized spacial score (nSPS) is 15.6. The van der Waals surface area contributed by atoms with Crippen LogP contribution in [0.2, 0.25) is 5.28 Å². The summed E-state index contributed by atoms with van der Waals surface area (Å²) in [4.78, 5) is 13.6. The van der Waals surface area contributed by atoms with Crippen LogP contribution in [0.25, 0.3) is 33.9 Å². The minimum Gasteiger partial charge on any atom is -0.208 e. The Labute approximate surface area is 198 Å². The number of nitriles is 1. The van der Waals surface area contributed by atoms with Gasteiger partial charge in [-0.1, -0.05) is 67.8 Å². The van der Waals surface area contributed by atoms with E-state index in [0.717, 1.165) is 29.5 Å². The molecule has 0 unspecified atom stereocenters. The lowest BCUT2D eigenvalue weighted by atomic mass is 9.67. The summed E-state index contributed by atoms with van der Waals surface area (Å²) in [6.07, 6.45) is 5.83. The largest absolute Gasteiger partial charge is 0.226 e. The van der Waals surface area contributed by atoms with Gasteiger partial charge in [-0.15, -0.1) is 0 Å². The Morgan fingerprint density at radius 3 is 2.12 bits per heavy atom. The van der Waals surface area contributed by atoms with Crippen molar-refractivity contribution in [2.75, 3.05) is 0 Å². The number of rotatable bonds is 2. The summed E-state index contributed by atoms with van der Waals surface area (Å²) in [5.41, 5.74) is 7.64. The zero-order valence-electron chi connectivity index (χ0n) is 18.1. The third-order valence-electron chi connectivity index (χ3n) is 7.09. The standard InChI is InChI=1S/C28H21ClN4/c29-27-32-25(19-7-3-1-4-8-19)31-26(33-27)20-10-12-22-21-11-9-18(17-30)15-23(21)28(24(22)16-20)13-5-2-6-14-28/h1,3-4,7-12,15-16H,2,5-6,13-14H2. The fourth-order valence-corrected chi connectivity index (χ4v) is 5.75. The molecule has 0 bridgehead atoms. The van der Waals surface area contributed by atoms with Gasteiger partial charge in [0.15, 0.2) is 11.6 Å². The first-order chi connectivity index (χ1) is 16.2. The summed E-state index contributed by atoms with van der Waals surface area (Å²) < 4.78 is 0. The average Bonchev–Trinajstić information content (AvgIpc) is 3.12. The van der Waals surface area contributed by atoms with Crippen molar-refractivity contribution in [3.63, 3.8) is 0 Å². The highest BCUT2D eigenvalue weighted by Crippen LogP contribution is 2.56. The molecule has 5 heteroatoms. The van der Waals surface area contributed by atoms with Crippen molar-refractivity contribution in [3.05, 3.63) is 88.7 Å². The summed E-state index contributed by atoms with van der Waals surface area (Å²) in [5, 5.41) is 9.71. The second-order valence-corrected chi connectivity index (χ2v) is 9.23. The second kappa shape index (κ2) is 7.79. The second-order valence-electron chi connectivity index (χ2n) is 8.89. The summed E-state index contributed by atoms with van der Waals surface area (Å²) in [6.45, 7) is 0. The van der Waals surface area contributed by atoms with Crippen LogP contribution < -0.4 is 0 Å². The van der Waals surface area contributed by atoms with E-state index in [-0.39, 0.29) is 10.7 Å². The van der Waals surface area contributed by atoms with E-state index < -0.39 is 0 Å². The molecule has 0 amide bonds. The Morgan fingerprint density at radius 2 is 1.39 bits per heavy atom. The zero-order valence-corrected chi connectivity index (χ0v) is 18.8. The van der Waals surface area contributed by atoms with Crippen molar-refractivity contribution < 1.29 is 0 Å². The molecule has 3 aromatic carbocycles. The lowest BCUT2D eigenvalue weighted by Crippen LogP contribution is -2.28. The molecule has 4 nitrogen and oxygen atoms in total. The molecule has 1 spiro atoms. The Kier molecular flexibility index (Phi) is 4.74. The monoisotopic (exact) mass is 448 g/mol. The summed E-state index contributed by atoms with van der Waals surface area (Å²) in [5.74, 6) is 1.15. The molecule has 2 aliphatic rings. The number of benzene rings is 3. The highest BCUT2D eigenvalue weighted by Gasteiger charge is 2.44. The predicted molar refractivity (Wildman–Crippen MR) is 130 cm³/mol. The van der Waals surface area contributed by atoms with Gasteiger partial charge in [0.2, 0.25) is 5.28 Å². The molecular formula is C28H21ClN4. The van der Waals surface area contributed by atoms with E-state index in [9.17, 15) is 5.26 Å². The van der Waals surface area contributed by atoms with Gasteiger partial charge in [0.1, 0.15) is 0 Å². The van der Waals surface area contributed by atoms with Gasteiger partial charge in [0, 0.05) is 16.5 Å². The fraction of sp³-hybridized carbons (Fsp3) is 0.214. The van der Waals surface area contributed by atoms with Crippen LogP contribution in [0, 0.1) is 11.3 Å². The average molecular weight is 449 g/mol. The van der Waals surface area contributed by atoms with Crippen LogP contribution in [-0.2, 0) is 5.41 Å². The van der Waals surface area contributed by atoms with Crippen LogP contribution in [-0.4, -0.2) is 15.0 Å². The predicted octanol–water partition coefficient (Wildman–Crippen LogP) is 6.96. The lowest BCUT2D eigenvalue weighted by molar-refractivity contribution is 0.353. The van der Waals surface area contributed by atoms with Crippen molar-refractivity contribution >= 4 is 11.6 Å². The number of aromatic nitrogens is 3. The maximum absolute atomic E-state index is 9.53. The van der Waals surface area contributed by atoms with Gasteiger partial charge in [-0.3, -0.25) is 0 Å². The maximum atomic E-state index is 9.53. The Bertz CT molecular complexity index is 1420. The molecule has 33 heavy (non-hydrogen) atoms. The third kappa shape index (κ3) is 3.23. The van der Waals surface area contributed by atoms with Crippen LogP contribution in [0.1, 0.15) is 48.8 Å². The van der Waals surface area contributed by atoms with Gasteiger partial charge in [-0.25, -0.2) is 4.98 Å². The molecule has 0 atom stereocenters. The number of hydrogen-bond donors (Lipinski definition) is 0. The van der Waals surface area contributed by atoms with Crippen molar-refractivity contribution in [1.29, 1.82) is 5.26 Å². The van der Waals surface area contributed by atoms with E-state index in [1.807, 2.05) is 36.4 Å². The maximum Gasteiger partial charge on any atom is 0.226 e. The van der Waals surface area contributed by atoms with Gasteiger partial charge < -0.3 is 0 Å². The molecule has 0 radical (unpaired) electrons. The fourth-order valence-electron chi connectivity index (χ4n) is 5.59. The first kappa shape index (κ1) is 20.1. The summed E-state index contributed by atoms with van der Waals surface area (Å²) in [6, 6.07) is 24.8. The first-order valence-corrected chi connectivity index (χ1v) is 11.7. The zero-order chi connectivity index (χ0) is 22.4. The molecule has 2 aliphatic carbocycles. The highest BCUT2D eigenvalue weighted by atomic mass is 35.5. The molecule has 1 aromatic heterocycles. The van der Waals surface area contributed by atoms with Gasteiger partial charge >= 0.3 is 0 Å². The quantitative estimate of drug-likeness (QED) is 0.332. The molecule has 160 valence electrons. The third-order valence-corrected chi connectivity index (χ3v) is 7.26. The van der Waals surface area contributed by atoms with Crippen LogP contribution in [0.4, 0.5) is 0 Å².